The first-order valence-electron chi connectivity index (χ1n) is 36.7. The molecule has 0 amide bonds. The van der Waals surface area contributed by atoms with Crippen molar-refractivity contribution in [2.45, 2.75) is 0 Å². The first kappa shape index (κ1) is 63.2. The molecular formula is C106H70. The van der Waals surface area contributed by atoms with Crippen molar-refractivity contribution >= 4 is 43.1 Å². The van der Waals surface area contributed by atoms with E-state index in [4.69, 9.17) is 0 Å². The molecule has 0 saturated carbocycles. The lowest BCUT2D eigenvalue weighted by molar-refractivity contribution is 1.56. The molecule has 106 heavy (non-hydrogen) atoms. The van der Waals surface area contributed by atoms with E-state index in [1.54, 1.807) is 0 Å². The van der Waals surface area contributed by atoms with Gasteiger partial charge in [-0.25, -0.2) is 0 Å². The maximum absolute atomic E-state index is 2.39. The molecule has 0 aromatic heterocycles. The normalized spacial score (nSPS) is 11.4. The van der Waals surface area contributed by atoms with Gasteiger partial charge >= 0.3 is 0 Å². The Kier molecular flexibility index (Phi) is 16.4. The summed E-state index contributed by atoms with van der Waals surface area (Å²) in [6.07, 6.45) is 0. The van der Waals surface area contributed by atoms with Crippen LogP contribution in [0.15, 0.2) is 425 Å². The predicted octanol–water partition coefficient (Wildman–Crippen LogP) is 29.6. The fourth-order valence-corrected chi connectivity index (χ4v) is 17.3. The number of benzene rings is 19. The summed E-state index contributed by atoms with van der Waals surface area (Å²) in [6.45, 7) is 0. The lowest BCUT2D eigenvalue weighted by Gasteiger charge is -2.33. The SMILES string of the molecule is c1ccc(-c2c(-c3ccccc3)c(-c3ccccc3)c3c(-c4ccccc4)c4c(-c5ccccc5)c5c(-c6ccccc6)c6c(-c7ccccc7)c(-c7ccccc7)c(-c7ccccc7)c(-c7ccccc7)c6c(-c6ccccc6)c5c(-c5ccccc5)c4c(-c4ccccc4)c3c2-c2ccccc2)cc1. The lowest BCUT2D eigenvalue weighted by atomic mass is 9.69. The van der Waals surface area contributed by atoms with Crippen LogP contribution >= 0.6 is 0 Å². The number of hydrogen-bond donors (Lipinski definition) is 0. The zero-order valence-corrected chi connectivity index (χ0v) is 58.4. The Bertz CT molecular complexity index is 5640. The molecule has 19 rings (SSSR count). The minimum absolute atomic E-state index is 1.10. The van der Waals surface area contributed by atoms with Gasteiger partial charge in [0.15, 0.2) is 0 Å². The fraction of sp³-hybridized carbons (Fsp3) is 0. The Hall–Kier alpha value is -13.8. The number of fused-ring (bicyclic) bond motifs is 4. The molecule has 0 aliphatic carbocycles. The molecule has 19 aromatic rings. The summed E-state index contributed by atoms with van der Waals surface area (Å²) in [7, 11) is 0. The van der Waals surface area contributed by atoms with Crippen molar-refractivity contribution in [3.05, 3.63) is 425 Å². The van der Waals surface area contributed by atoms with E-state index < -0.39 is 0 Å². The summed E-state index contributed by atoms with van der Waals surface area (Å²) >= 11 is 0. The van der Waals surface area contributed by atoms with E-state index in [1.807, 2.05) is 0 Å². The van der Waals surface area contributed by atoms with Gasteiger partial charge in [0.05, 0.1) is 0 Å². The van der Waals surface area contributed by atoms with E-state index in [0.717, 1.165) is 199 Å². The molecule has 0 aliphatic heterocycles. The van der Waals surface area contributed by atoms with E-state index in [0.29, 0.717) is 0 Å². The van der Waals surface area contributed by atoms with Gasteiger partial charge < -0.3 is 0 Å². The maximum Gasteiger partial charge on any atom is -0.0000921 e. The molecule has 0 N–H and O–H groups in total. The van der Waals surface area contributed by atoms with Crippen molar-refractivity contribution in [3.8, 4) is 156 Å². The van der Waals surface area contributed by atoms with Gasteiger partial charge in [-0.1, -0.05) is 425 Å². The van der Waals surface area contributed by atoms with Crippen molar-refractivity contribution in [1.29, 1.82) is 0 Å². The second-order valence-corrected chi connectivity index (χ2v) is 27.4. The van der Waals surface area contributed by atoms with Gasteiger partial charge in [-0.15, -0.1) is 0 Å². The van der Waals surface area contributed by atoms with Gasteiger partial charge in [0.25, 0.3) is 0 Å². The number of rotatable bonds is 14. The van der Waals surface area contributed by atoms with E-state index in [2.05, 4.69) is 425 Å². The monoisotopic (exact) mass is 1340 g/mol. The highest BCUT2D eigenvalue weighted by atomic mass is 14.4. The summed E-state index contributed by atoms with van der Waals surface area (Å²) in [5, 5.41) is 9.28. The molecule has 0 aliphatic rings. The molecule has 494 valence electrons. The van der Waals surface area contributed by atoms with E-state index in [-0.39, 0.29) is 0 Å². The predicted molar refractivity (Wildman–Crippen MR) is 453 cm³/mol. The third kappa shape index (κ3) is 10.8. The first-order chi connectivity index (χ1) is 52.8. The topological polar surface area (TPSA) is 0 Å². The van der Waals surface area contributed by atoms with Gasteiger partial charge in [0, 0.05) is 0 Å². The van der Waals surface area contributed by atoms with E-state index in [9.17, 15) is 0 Å². The number of hydrogen-bond acceptors (Lipinski definition) is 0. The van der Waals surface area contributed by atoms with Crippen molar-refractivity contribution in [2.75, 3.05) is 0 Å². The molecule has 0 radical (unpaired) electrons. The Labute approximate surface area is 619 Å². The van der Waals surface area contributed by atoms with Crippen LogP contribution in [0, 0.1) is 0 Å². The average molecular weight is 1340 g/mol. The summed E-state index contributed by atoms with van der Waals surface area (Å²) in [5.41, 5.74) is 31.8. The standard InChI is InChI=1S/C106H70/c1-15-43-71(44-16-1)85-86(72-45-17-2-18-46-72)90(76-53-25-6-26-54-76)100-94(80-61-33-10-34-62-80)104-98(84-69-41-14-42-70-84)106-96(82-65-37-12-38-66-82)102-92(78-57-29-8-30-58-78)88(74-49-21-4-22-50-74)87(73-47-19-3-20-48-73)91(77-55-27-7-28-56-77)101(102)95(81-63-35-11-36-64-81)105(106)97(83-67-39-13-40-68-83)103(104)93(79-59-31-9-32-60-79)99(100)89(85)75-51-23-5-24-52-75/h1-70H. The highest BCUT2D eigenvalue weighted by Gasteiger charge is 2.37. The Morgan fingerprint density at radius 3 is 0.245 bits per heavy atom. The maximum atomic E-state index is 2.39. The third-order valence-electron chi connectivity index (χ3n) is 21.4. The average Bonchev–Trinajstić information content (AvgIpc) is 0.664. The smallest absolute Gasteiger partial charge is 0.0000921 e. The van der Waals surface area contributed by atoms with Gasteiger partial charge in [0.2, 0.25) is 0 Å². The molecule has 0 heterocycles. The molecule has 0 heteroatoms. The van der Waals surface area contributed by atoms with E-state index in [1.165, 1.54) is 0 Å². The zero-order valence-electron chi connectivity index (χ0n) is 58.4. The largest absolute Gasteiger partial charge is 0.0622 e. The Morgan fingerprint density at radius 2 is 0.142 bits per heavy atom. The second-order valence-electron chi connectivity index (χ2n) is 27.4. The highest BCUT2D eigenvalue weighted by Crippen LogP contribution is 2.65. The first-order valence-corrected chi connectivity index (χ1v) is 36.7. The quantitative estimate of drug-likeness (QED) is 0.0952. The van der Waals surface area contributed by atoms with Crippen molar-refractivity contribution in [3.63, 3.8) is 0 Å². The van der Waals surface area contributed by atoms with Gasteiger partial charge in [-0.2, -0.15) is 0 Å². The van der Waals surface area contributed by atoms with Crippen molar-refractivity contribution in [1.82, 2.24) is 0 Å². The van der Waals surface area contributed by atoms with Gasteiger partial charge in [0.1, 0.15) is 0 Å². The van der Waals surface area contributed by atoms with Crippen LogP contribution in [0.2, 0.25) is 0 Å². The van der Waals surface area contributed by atoms with Crippen LogP contribution in [0.3, 0.4) is 0 Å². The Balaban J connectivity index is 1.27. The fourth-order valence-electron chi connectivity index (χ4n) is 17.3. The van der Waals surface area contributed by atoms with Crippen LogP contribution in [0.4, 0.5) is 0 Å². The summed E-state index contributed by atoms with van der Waals surface area (Å²) in [5.74, 6) is 0. The molecule has 0 nitrogen and oxygen atoms in total. The van der Waals surface area contributed by atoms with Gasteiger partial charge in [-0.05, 0) is 199 Å². The molecule has 0 bridgehead atoms. The van der Waals surface area contributed by atoms with Crippen LogP contribution in [0.25, 0.3) is 199 Å². The summed E-state index contributed by atoms with van der Waals surface area (Å²) < 4.78 is 0. The van der Waals surface area contributed by atoms with Crippen LogP contribution in [0.1, 0.15) is 0 Å². The molecule has 0 saturated heterocycles. The van der Waals surface area contributed by atoms with Crippen molar-refractivity contribution in [2.24, 2.45) is 0 Å². The zero-order chi connectivity index (χ0) is 70.3. The summed E-state index contributed by atoms with van der Waals surface area (Å²) in [4.78, 5) is 0. The van der Waals surface area contributed by atoms with Crippen LogP contribution < -0.4 is 0 Å². The molecule has 0 fully saturated rings. The highest BCUT2D eigenvalue weighted by molar-refractivity contribution is 6.44. The molecule has 19 aromatic carbocycles. The molecule has 0 unspecified atom stereocenters. The Morgan fingerprint density at radius 1 is 0.0660 bits per heavy atom. The van der Waals surface area contributed by atoms with Crippen LogP contribution in [-0.2, 0) is 0 Å². The lowest BCUT2D eigenvalue weighted by Crippen LogP contribution is -2.05. The summed E-state index contributed by atoms with van der Waals surface area (Å²) in [6, 6.07) is 159. The van der Waals surface area contributed by atoms with Crippen LogP contribution in [0.5, 0.6) is 0 Å². The minimum Gasteiger partial charge on any atom is -0.0622 e. The molecular weight excluding hydrogens is 1270 g/mol. The van der Waals surface area contributed by atoms with Crippen molar-refractivity contribution < 1.29 is 0 Å². The van der Waals surface area contributed by atoms with E-state index >= 15 is 0 Å². The third-order valence-corrected chi connectivity index (χ3v) is 21.4. The van der Waals surface area contributed by atoms with Crippen LogP contribution in [-0.4, -0.2) is 0 Å². The molecule has 0 atom stereocenters. The minimum atomic E-state index is 1.10. The molecule has 0 spiro atoms. The van der Waals surface area contributed by atoms with Gasteiger partial charge in [-0.3, -0.25) is 0 Å². The second kappa shape index (κ2) is 27.5.